The SMILES string of the molecule is COc1ccccc1C(=O)N1CCCC(O)(COc2cccc(Cl)c2)CC1. The van der Waals surface area contributed by atoms with Crippen molar-refractivity contribution >= 4 is 17.5 Å². The summed E-state index contributed by atoms with van der Waals surface area (Å²) in [6.07, 6.45) is 1.73. The van der Waals surface area contributed by atoms with Crippen molar-refractivity contribution in [2.24, 2.45) is 0 Å². The van der Waals surface area contributed by atoms with Gasteiger partial charge in [0, 0.05) is 18.1 Å². The lowest BCUT2D eigenvalue weighted by atomic mass is 9.96. The van der Waals surface area contributed by atoms with Gasteiger partial charge in [-0.3, -0.25) is 4.79 Å². The highest BCUT2D eigenvalue weighted by Gasteiger charge is 2.33. The number of ether oxygens (including phenoxy) is 2. The Morgan fingerprint density at radius 3 is 2.78 bits per heavy atom. The van der Waals surface area contributed by atoms with Crippen molar-refractivity contribution < 1.29 is 19.4 Å². The zero-order chi connectivity index (χ0) is 19.3. The molecule has 0 spiro atoms. The number of halogens is 1. The number of aliphatic hydroxyl groups is 1. The van der Waals surface area contributed by atoms with Crippen LogP contribution in [0, 0.1) is 0 Å². The molecule has 144 valence electrons. The Morgan fingerprint density at radius 1 is 1.19 bits per heavy atom. The summed E-state index contributed by atoms with van der Waals surface area (Å²) in [7, 11) is 1.56. The van der Waals surface area contributed by atoms with Crippen molar-refractivity contribution in [3.63, 3.8) is 0 Å². The van der Waals surface area contributed by atoms with Crippen molar-refractivity contribution in [3.8, 4) is 11.5 Å². The number of benzene rings is 2. The summed E-state index contributed by atoms with van der Waals surface area (Å²) in [4.78, 5) is 14.7. The number of hydrogen-bond donors (Lipinski definition) is 1. The summed E-state index contributed by atoms with van der Waals surface area (Å²) in [6.45, 7) is 1.23. The van der Waals surface area contributed by atoms with E-state index in [1.165, 1.54) is 0 Å². The maximum absolute atomic E-state index is 12.9. The molecule has 0 radical (unpaired) electrons. The smallest absolute Gasteiger partial charge is 0.257 e. The second kappa shape index (κ2) is 8.63. The molecule has 0 aromatic heterocycles. The van der Waals surface area contributed by atoms with Gasteiger partial charge in [-0.15, -0.1) is 0 Å². The fraction of sp³-hybridized carbons (Fsp3) is 0.381. The third-order valence-electron chi connectivity index (χ3n) is 4.85. The first-order valence-electron chi connectivity index (χ1n) is 9.04. The predicted octanol–water partition coefficient (Wildman–Crippen LogP) is 3.78. The van der Waals surface area contributed by atoms with Crippen LogP contribution in [0.5, 0.6) is 11.5 Å². The highest BCUT2D eigenvalue weighted by atomic mass is 35.5. The monoisotopic (exact) mass is 389 g/mol. The van der Waals surface area contributed by atoms with Gasteiger partial charge in [0.1, 0.15) is 23.7 Å². The van der Waals surface area contributed by atoms with Gasteiger partial charge in [0.15, 0.2) is 0 Å². The van der Waals surface area contributed by atoms with Gasteiger partial charge in [-0.25, -0.2) is 0 Å². The van der Waals surface area contributed by atoms with Crippen molar-refractivity contribution in [1.82, 2.24) is 4.90 Å². The summed E-state index contributed by atoms with van der Waals surface area (Å²) in [5, 5.41) is 11.5. The number of amides is 1. The van der Waals surface area contributed by atoms with Gasteiger partial charge >= 0.3 is 0 Å². The average molecular weight is 390 g/mol. The van der Waals surface area contributed by atoms with Gasteiger partial charge in [0.25, 0.3) is 5.91 Å². The number of methoxy groups -OCH3 is 1. The molecular weight excluding hydrogens is 366 g/mol. The van der Waals surface area contributed by atoms with Gasteiger partial charge in [-0.2, -0.15) is 0 Å². The molecule has 1 aliphatic heterocycles. The minimum Gasteiger partial charge on any atom is -0.496 e. The minimum atomic E-state index is -0.974. The molecule has 1 aliphatic rings. The molecule has 6 heteroatoms. The van der Waals surface area contributed by atoms with E-state index in [-0.39, 0.29) is 12.5 Å². The van der Waals surface area contributed by atoms with E-state index >= 15 is 0 Å². The molecule has 1 atom stereocenters. The van der Waals surface area contributed by atoms with Crippen molar-refractivity contribution in [3.05, 3.63) is 59.1 Å². The summed E-state index contributed by atoms with van der Waals surface area (Å²) in [5.74, 6) is 1.11. The zero-order valence-corrected chi connectivity index (χ0v) is 16.1. The van der Waals surface area contributed by atoms with Crippen LogP contribution in [0.2, 0.25) is 5.02 Å². The van der Waals surface area contributed by atoms with Crippen molar-refractivity contribution in [2.45, 2.75) is 24.9 Å². The number of likely N-dealkylation sites (tertiary alicyclic amines) is 1. The van der Waals surface area contributed by atoms with Crippen molar-refractivity contribution in [2.75, 3.05) is 26.8 Å². The van der Waals surface area contributed by atoms with Gasteiger partial charge < -0.3 is 19.5 Å². The molecule has 1 heterocycles. The Balaban J connectivity index is 1.63. The average Bonchev–Trinajstić information content (AvgIpc) is 2.88. The Bertz CT molecular complexity index is 797. The van der Waals surface area contributed by atoms with Crippen LogP contribution >= 0.6 is 11.6 Å². The molecule has 1 N–H and O–H groups in total. The van der Waals surface area contributed by atoms with E-state index in [1.54, 1.807) is 36.3 Å². The van der Waals surface area contributed by atoms with E-state index in [9.17, 15) is 9.90 Å². The van der Waals surface area contributed by atoms with Crippen LogP contribution in [-0.2, 0) is 0 Å². The highest BCUT2D eigenvalue weighted by Crippen LogP contribution is 2.27. The number of hydrogen-bond acceptors (Lipinski definition) is 4. The first kappa shape index (κ1) is 19.5. The second-order valence-corrected chi connectivity index (χ2v) is 7.25. The maximum atomic E-state index is 12.9. The lowest BCUT2D eigenvalue weighted by Gasteiger charge is -2.27. The van der Waals surface area contributed by atoms with Crippen LogP contribution in [0.3, 0.4) is 0 Å². The quantitative estimate of drug-likeness (QED) is 0.845. The molecule has 3 rings (SSSR count). The fourth-order valence-corrected chi connectivity index (χ4v) is 3.47. The molecule has 27 heavy (non-hydrogen) atoms. The largest absolute Gasteiger partial charge is 0.496 e. The Labute approximate surface area is 164 Å². The number of nitrogens with zero attached hydrogens (tertiary/aromatic N) is 1. The molecule has 1 fully saturated rings. The van der Waals surface area contributed by atoms with E-state index < -0.39 is 5.60 Å². The summed E-state index contributed by atoms with van der Waals surface area (Å²) >= 11 is 5.97. The third-order valence-corrected chi connectivity index (χ3v) is 5.08. The summed E-state index contributed by atoms with van der Waals surface area (Å²) in [6, 6.07) is 14.3. The van der Waals surface area contributed by atoms with Gasteiger partial charge in [-0.05, 0) is 49.6 Å². The Hall–Kier alpha value is -2.24. The van der Waals surface area contributed by atoms with Gasteiger partial charge in [0.2, 0.25) is 0 Å². The molecule has 2 aromatic carbocycles. The third kappa shape index (κ3) is 4.93. The van der Waals surface area contributed by atoms with Gasteiger partial charge in [-0.1, -0.05) is 29.8 Å². The first-order chi connectivity index (χ1) is 13.0. The predicted molar refractivity (Wildman–Crippen MR) is 105 cm³/mol. The van der Waals surface area contributed by atoms with Crippen LogP contribution in [0.1, 0.15) is 29.6 Å². The molecule has 2 aromatic rings. The van der Waals surface area contributed by atoms with Crippen LogP contribution in [0.15, 0.2) is 48.5 Å². The molecule has 5 nitrogen and oxygen atoms in total. The highest BCUT2D eigenvalue weighted by molar-refractivity contribution is 6.30. The molecule has 1 saturated heterocycles. The Kier molecular flexibility index (Phi) is 6.24. The molecule has 1 unspecified atom stereocenters. The van der Waals surface area contributed by atoms with E-state index in [4.69, 9.17) is 21.1 Å². The molecule has 0 bridgehead atoms. The number of rotatable bonds is 5. The molecular formula is C21H24ClNO4. The molecule has 0 saturated carbocycles. The van der Waals surface area contributed by atoms with E-state index in [2.05, 4.69) is 0 Å². The lowest BCUT2D eigenvalue weighted by molar-refractivity contribution is -0.0163. The standard InChI is InChI=1S/C21H24ClNO4/c1-26-19-9-3-2-8-18(19)20(24)23-12-5-10-21(25,11-13-23)15-27-17-7-4-6-16(22)14-17/h2-4,6-9,14,25H,5,10-13,15H2,1H3. The fourth-order valence-electron chi connectivity index (χ4n) is 3.29. The topological polar surface area (TPSA) is 59.0 Å². The molecule has 1 amide bonds. The first-order valence-corrected chi connectivity index (χ1v) is 9.42. The normalized spacial score (nSPS) is 20.0. The van der Waals surface area contributed by atoms with Crippen LogP contribution in [-0.4, -0.2) is 48.3 Å². The lowest BCUT2D eigenvalue weighted by Crippen LogP contribution is -2.38. The summed E-state index contributed by atoms with van der Waals surface area (Å²) < 4.78 is 11.0. The molecule has 0 aliphatic carbocycles. The van der Waals surface area contributed by atoms with E-state index in [0.29, 0.717) is 54.4 Å². The summed E-state index contributed by atoms with van der Waals surface area (Å²) in [5.41, 5.74) is -0.432. The Morgan fingerprint density at radius 2 is 2.00 bits per heavy atom. The number of para-hydroxylation sites is 1. The van der Waals surface area contributed by atoms with Gasteiger partial charge in [0.05, 0.1) is 12.7 Å². The second-order valence-electron chi connectivity index (χ2n) is 6.82. The van der Waals surface area contributed by atoms with Crippen LogP contribution in [0.4, 0.5) is 0 Å². The van der Waals surface area contributed by atoms with E-state index in [1.807, 2.05) is 24.3 Å². The number of carbonyl (C=O) groups is 1. The van der Waals surface area contributed by atoms with Crippen LogP contribution < -0.4 is 9.47 Å². The van der Waals surface area contributed by atoms with Crippen molar-refractivity contribution in [1.29, 1.82) is 0 Å². The number of carbonyl (C=O) groups excluding carboxylic acids is 1. The van der Waals surface area contributed by atoms with E-state index in [0.717, 1.165) is 0 Å². The zero-order valence-electron chi connectivity index (χ0n) is 15.4. The maximum Gasteiger partial charge on any atom is 0.257 e. The van der Waals surface area contributed by atoms with Crippen LogP contribution in [0.25, 0.3) is 0 Å². The minimum absolute atomic E-state index is 0.0764.